The van der Waals surface area contributed by atoms with Crippen molar-refractivity contribution in [3.63, 3.8) is 0 Å². The molecule has 0 spiro atoms. The van der Waals surface area contributed by atoms with Crippen LogP contribution < -0.4 is 10.6 Å². The molecule has 0 saturated heterocycles. The molecule has 10 nitrogen and oxygen atoms in total. The van der Waals surface area contributed by atoms with Crippen LogP contribution in [-0.2, 0) is 9.59 Å². The zero-order valence-corrected chi connectivity index (χ0v) is 14.9. The minimum absolute atomic E-state index is 0.0466. The van der Waals surface area contributed by atoms with Crippen molar-refractivity contribution >= 4 is 29.3 Å². The number of nitro benzene ring substituents is 1. The van der Waals surface area contributed by atoms with E-state index in [4.69, 9.17) is 0 Å². The second kappa shape index (κ2) is 10.1. The molecule has 0 radical (unpaired) electrons. The topological polar surface area (TPSA) is 162 Å². The highest BCUT2D eigenvalue weighted by Gasteiger charge is 2.33. The number of benzene rings is 1. The van der Waals surface area contributed by atoms with Gasteiger partial charge in [-0.25, -0.2) is 0 Å². The van der Waals surface area contributed by atoms with E-state index in [9.17, 15) is 35.0 Å². The van der Waals surface area contributed by atoms with Crippen molar-refractivity contribution in [2.24, 2.45) is 0 Å². The van der Waals surface area contributed by atoms with Gasteiger partial charge in [-0.05, 0) is 6.07 Å². The molecule has 1 rings (SSSR count). The van der Waals surface area contributed by atoms with Crippen molar-refractivity contribution < 1.29 is 29.8 Å². The molecule has 0 fully saturated rings. The second-order valence-corrected chi connectivity index (χ2v) is 6.66. The van der Waals surface area contributed by atoms with E-state index in [-0.39, 0.29) is 11.4 Å². The van der Waals surface area contributed by atoms with E-state index >= 15 is 0 Å². The Hall–Kier alpha value is -2.21. The van der Waals surface area contributed by atoms with Gasteiger partial charge >= 0.3 is 0 Å². The fourth-order valence-corrected chi connectivity index (χ4v) is 2.88. The molecule has 0 aliphatic carbocycles. The first-order chi connectivity index (χ1) is 12.3. The normalized spacial score (nSPS) is 12.3. The smallest absolute Gasteiger partial charge is 0.270 e. The lowest BCUT2D eigenvalue weighted by Crippen LogP contribution is -2.61. The first-order valence-electron chi connectivity index (χ1n) is 7.56. The van der Waals surface area contributed by atoms with E-state index in [2.05, 4.69) is 10.6 Å². The number of aliphatic hydroxyl groups excluding tert-OH is 3. The number of hydrogen-bond donors (Lipinski definition) is 5. The number of nitrogens with zero attached hydrogens (tertiary/aromatic N) is 1. The van der Waals surface area contributed by atoms with Gasteiger partial charge < -0.3 is 26.0 Å². The number of rotatable bonds is 10. The number of non-ortho nitro benzene ring substituents is 1. The lowest BCUT2D eigenvalue weighted by molar-refractivity contribution is -0.385. The van der Waals surface area contributed by atoms with Crippen LogP contribution in [-0.4, -0.2) is 69.2 Å². The average molecular weight is 387 g/mol. The predicted molar refractivity (Wildman–Crippen MR) is 93.6 cm³/mol. The third-order valence-electron chi connectivity index (χ3n) is 3.44. The van der Waals surface area contributed by atoms with Gasteiger partial charge in [-0.1, -0.05) is 6.07 Å². The quantitative estimate of drug-likeness (QED) is 0.194. The number of carbonyl (C=O) groups is 2. The summed E-state index contributed by atoms with van der Waals surface area (Å²) in [6.07, 6.45) is 0. The zero-order valence-electron chi connectivity index (χ0n) is 14.0. The molecule has 1 unspecified atom stereocenters. The van der Waals surface area contributed by atoms with Crippen molar-refractivity contribution in [2.75, 3.05) is 25.6 Å². The molecule has 0 aliphatic heterocycles. The number of carbonyl (C=O) groups excluding carboxylic acids is 2. The monoisotopic (exact) mass is 387 g/mol. The molecule has 1 aromatic rings. The molecule has 26 heavy (non-hydrogen) atoms. The van der Waals surface area contributed by atoms with Gasteiger partial charge in [-0.15, -0.1) is 11.8 Å². The van der Waals surface area contributed by atoms with Crippen molar-refractivity contribution in [1.29, 1.82) is 0 Å². The highest BCUT2D eigenvalue weighted by atomic mass is 32.2. The first-order valence-corrected chi connectivity index (χ1v) is 8.54. The summed E-state index contributed by atoms with van der Waals surface area (Å²) in [6, 6.07) is 4.76. The maximum atomic E-state index is 12.4. The highest BCUT2D eigenvalue weighted by Crippen LogP contribution is 2.23. The molecular formula is C15H21N3O7S. The Kier molecular flexibility index (Phi) is 8.45. The molecule has 11 heteroatoms. The van der Waals surface area contributed by atoms with Crippen LogP contribution in [0.4, 0.5) is 5.69 Å². The fraction of sp³-hybridized carbons (Fsp3) is 0.467. The van der Waals surface area contributed by atoms with Gasteiger partial charge in [0.05, 0.1) is 24.7 Å². The molecule has 0 aliphatic rings. The Labute approximate surface area is 153 Å². The Morgan fingerprint density at radius 1 is 1.27 bits per heavy atom. The SMILES string of the molecule is CC(=O)NC(CSc1cccc([N+](=O)[O-])c1)C(=O)NC(CO)(CO)CO. The molecule has 1 atom stereocenters. The minimum Gasteiger partial charge on any atom is -0.394 e. The van der Waals surface area contributed by atoms with Gasteiger partial charge in [-0.2, -0.15) is 0 Å². The number of nitro groups is 1. The maximum Gasteiger partial charge on any atom is 0.270 e. The Balaban J connectivity index is 2.86. The number of amides is 2. The summed E-state index contributed by atoms with van der Waals surface area (Å²) in [6.45, 7) is -0.876. The Bertz CT molecular complexity index is 644. The van der Waals surface area contributed by atoms with Crippen molar-refractivity contribution in [3.05, 3.63) is 34.4 Å². The van der Waals surface area contributed by atoms with Gasteiger partial charge in [0, 0.05) is 29.7 Å². The van der Waals surface area contributed by atoms with E-state index in [0.717, 1.165) is 11.8 Å². The van der Waals surface area contributed by atoms with E-state index in [1.165, 1.54) is 25.1 Å². The summed E-state index contributed by atoms with van der Waals surface area (Å²) in [5, 5.41) is 43.4. The van der Waals surface area contributed by atoms with Gasteiger partial charge in [-0.3, -0.25) is 19.7 Å². The number of thioether (sulfide) groups is 1. The molecule has 144 valence electrons. The molecule has 5 N–H and O–H groups in total. The van der Waals surface area contributed by atoms with Crippen LogP contribution in [0.3, 0.4) is 0 Å². The molecule has 1 aromatic carbocycles. The van der Waals surface area contributed by atoms with Crippen LogP contribution in [0.1, 0.15) is 6.92 Å². The van der Waals surface area contributed by atoms with E-state index in [1.807, 2.05) is 0 Å². The maximum absolute atomic E-state index is 12.4. The summed E-state index contributed by atoms with van der Waals surface area (Å²) in [5.41, 5.74) is -1.72. The van der Waals surface area contributed by atoms with Crippen molar-refractivity contribution in [2.45, 2.75) is 23.4 Å². The van der Waals surface area contributed by atoms with Crippen LogP contribution in [0, 0.1) is 10.1 Å². The van der Waals surface area contributed by atoms with E-state index < -0.39 is 48.1 Å². The Morgan fingerprint density at radius 3 is 2.38 bits per heavy atom. The Morgan fingerprint density at radius 2 is 1.88 bits per heavy atom. The lowest BCUT2D eigenvalue weighted by Gasteiger charge is -2.30. The number of aliphatic hydroxyl groups is 3. The number of hydrogen-bond acceptors (Lipinski definition) is 8. The summed E-state index contributed by atoms with van der Waals surface area (Å²) in [7, 11) is 0. The first kappa shape index (κ1) is 21.8. The van der Waals surface area contributed by atoms with Gasteiger partial charge in [0.2, 0.25) is 11.8 Å². The molecule has 0 bridgehead atoms. The molecule has 0 aromatic heterocycles. The third kappa shape index (κ3) is 6.26. The minimum atomic E-state index is -1.62. The van der Waals surface area contributed by atoms with Crippen LogP contribution in [0.5, 0.6) is 0 Å². The predicted octanol–water partition coefficient (Wildman–Crippen LogP) is -0.976. The molecule has 0 saturated carbocycles. The van der Waals surface area contributed by atoms with E-state index in [1.54, 1.807) is 6.07 Å². The summed E-state index contributed by atoms with van der Waals surface area (Å²) in [5.74, 6) is -1.15. The molecule has 2 amide bonds. The lowest BCUT2D eigenvalue weighted by atomic mass is 10.0. The zero-order chi connectivity index (χ0) is 19.7. The molecular weight excluding hydrogens is 366 g/mol. The van der Waals surface area contributed by atoms with Gasteiger partial charge in [0.1, 0.15) is 11.6 Å². The highest BCUT2D eigenvalue weighted by molar-refractivity contribution is 7.99. The largest absolute Gasteiger partial charge is 0.394 e. The van der Waals surface area contributed by atoms with Crippen LogP contribution >= 0.6 is 11.8 Å². The summed E-state index contributed by atoms with van der Waals surface area (Å²) in [4.78, 5) is 34.5. The van der Waals surface area contributed by atoms with Crippen LogP contribution in [0.25, 0.3) is 0 Å². The number of nitrogens with one attached hydrogen (secondary N) is 2. The van der Waals surface area contributed by atoms with Crippen LogP contribution in [0.2, 0.25) is 0 Å². The van der Waals surface area contributed by atoms with Crippen LogP contribution in [0.15, 0.2) is 29.2 Å². The third-order valence-corrected chi connectivity index (χ3v) is 4.52. The van der Waals surface area contributed by atoms with Crippen molar-refractivity contribution in [3.8, 4) is 0 Å². The van der Waals surface area contributed by atoms with Gasteiger partial charge in [0.25, 0.3) is 5.69 Å². The van der Waals surface area contributed by atoms with Crippen molar-refractivity contribution in [1.82, 2.24) is 10.6 Å². The summed E-state index contributed by atoms with van der Waals surface area (Å²) >= 11 is 1.11. The standard InChI is InChI=1S/C15H21N3O7S/c1-10(22)16-13(14(23)17-15(7-19,8-20)9-21)6-26-12-4-2-3-11(5-12)18(24)25/h2-5,13,19-21H,6-9H2,1H3,(H,16,22)(H,17,23). The van der Waals surface area contributed by atoms with E-state index in [0.29, 0.717) is 4.90 Å². The summed E-state index contributed by atoms with van der Waals surface area (Å²) < 4.78 is 0. The second-order valence-electron chi connectivity index (χ2n) is 5.56. The average Bonchev–Trinajstić information content (AvgIpc) is 2.63. The fourth-order valence-electron chi connectivity index (χ4n) is 1.91. The van der Waals surface area contributed by atoms with Gasteiger partial charge in [0.15, 0.2) is 0 Å². The molecule has 0 heterocycles.